The van der Waals surface area contributed by atoms with Crippen LogP contribution >= 0.6 is 0 Å². The first-order chi connectivity index (χ1) is 17.1. The number of hydrogen-bond donors (Lipinski definition) is 1. The summed E-state index contributed by atoms with van der Waals surface area (Å²) in [6, 6.07) is 30.1. The van der Waals surface area contributed by atoms with Gasteiger partial charge in [-0.15, -0.1) is 0 Å². The van der Waals surface area contributed by atoms with Crippen molar-refractivity contribution >= 4 is 12.1 Å². The van der Waals surface area contributed by atoms with Crippen molar-refractivity contribution < 1.29 is 19.1 Å². The van der Waals surface area contributed by atoms with Gasteiger partial charge in [0.15, 0.2) is 0 Å². The summed E-state index contributed by atoms with van der Waals surface area (Å²) in [6.07, 6.45) is -1.60. The molecular weight excluding hydrogens is 438 g/mol. The minimum absolute atomic E-state index is 0.0914. The average Bonchev–Trinajstić information content (AvgIpc) is 3.42. The highest BCUT2D eigenvalue weighted by atomic mass is 16.6. The van der Waals surface area contributed by atoms with Crippen molar-refractivity contribution in [3.8, 4) is 22.3 Å². The number of primary amides is 1. The molecule has 5 nitrogen and oxygen atoms in total. The number of amides is 1. The Morgan fingerprint density at radius 3 is 2.06 bits per heavy atom. The molecule has 0 saturated carbocycles. The largest absolute Gasteiger partial charge is 0.462 e. The third kappa shape index (κ3) is 3.56. The normalized spacial score (nSPS) is 13.8. The molecule has 4 aromatic carbocycles. The van der Waals surface area contributed by atoms with Gasteiger partial charge in [-0.25, -0.2) is 9.59 Å². The van der Waals surface area contributed by atoms with Gasteiger partial charge in [-0.2, -0.15) is 0 Å². The minimum Gasteiger partial charge on any atom is -0.462 e. The number of carbonyl (C=O) groups excluding carboxylic acids is 2. The molecule has 5 heteroatoms. The summed E-state index contributed by atoms with van der Waals surface area (Å²) in [5, 5.41) is 0. The van der Waals surface area contributed by atoms with Gasteiger partial charge in [0, 0.05) is 11.5 Å². The van der Waals surface area contributed by atoms with Crippen LogP contribution in [-0.4, -0.2) is 18.7 Å². The molecule has 172 valence electrons. The maximum atomic E-state index is 13.4. The number of fused-ring (bicyclic) bond motifs is 6. The smallest absolute Gasteiger partial charge is 0.405 e. The predicted octanol–water partition coefficient (Wildman–Crippen LogP) is 5.75. The number of benzene rings is 4. The second kappa shape index (κ2) is 8.44. The van der Waals surface area contributed by atoms with Gasteiger partial charge in [0.1, 0.15) is 6.61 Å². The van der Waals surface area contributed by atoms with Crippen LogP contribution in [0.15, 0.2) is 91.0 Å². The molecule has 0 aliphatic heterocycles. The lowest BCUT2D eigenvalue weighted by Gasteiger charge is -2.21. The van der Waals surface area contributed by atoms with Gasteiger partial charge in [-0.05, 0) is 50.9 Å². The molecule has 4 aromatic rings. The van der Waals surface area contributed by atoms with E-state index in [1.807, 2.05) is 48.5 Å². The number of nitrogens with two attached hydrogens (primary N) is 1. The topological polar surface area (TPSA) is 78.6 Å². The molecule has 35 heavy (non-hydrogen) atoms. The first kappa shape index (κ1) is 21.2. The fraction of sp³-hybridized carbons (Fsp3) is 0.133. The Kier molecular flexibility index (Phi) is 5.10. The Morgan fingerprint density at radius 2 is 1.37 bits per heavy atom. The zero-order chi connectivity index (χ0) is 23.9. The Bertz CT molecular complexity index is 1430. The van der Waals surface area contributed by atoms with Crippen LogP contribution in [-0.2, 0) is 20.7 Å². The second-order valence-electron chi connectivity index (χ2n) is 8.88. The second-order valence-corrected chi connectivity index (χ2v) is 8.88. The lowest BCUT2D eigenvalue weighted by atomic mass is 9.96. The highest BCUT2D eigenvalue weighted by Gasteiger charge is 2.34. The van der Waals surface area contributed by atoms with E-state index in [9.17, 15) is 9.59 Å². The van der Waals surface area contributed by atoms with Crippen LogP contribution in [0.1, 0.15) is 39.8 Å². The highest BCUT2D eigenvalue weighted by molar-refractivity contribution is 5.85. The number of ether oxygens (including phenoxy) is 2. The Labute approximate surface area is 203 Å². The maximum absolute atomic E-state index is 13.4. The quantitative estimate of drug-likeness (QED) is 0.338. The fourth-order valence-corrected chi connectivity index (χ4v) is 5.46. The number of esters is 1. The molecule has 0 aromatic heterocycles. The van der Waals surface area contributed by atoms with Gasteiger partial charge in [0.25, 0.3) is 0 Å². The van der Waals surface area contributed by atoms with Gasteiger partial charge in [0.05, 0.1) is 0 Å². The highest BCUT2D eigenvalue weighted by Crippen LogP contribution is 2.45. The molecular formula is C30H23NO4. The first-order valence-electron chi connectivity index (χ1n) is 11.6. The molecule has 6 rings (SSSR count). The summed E-state index contributed by atoms with van der Waals surface area (Å²) in [5.41, 5.74) is 14.8. The van der Waals surface area contributed by atoms with Crippen molar-refractivity contribution in [2.75, 3.05) is 6.61 Å². The van der Waals surface area contributed by atoms with Crippen LogP contribution in [0.5, 0.6) is 0 Å². The molecule has 1 unspecified atom stereocenters. The summed E-state index contributed by atoms with van der Waals surface area (Å²) in [5.74, 6) is -0.721. The van der Waals surface area contributed by atoms with E-state index in [-0.39, 0.29) is 12.5 Å². The fourth-order valence-electron chi connectivity index (χ4n) is 5.46. The maximum Gasteiger partial charge on any atom is 0.405 e. The van der Waals surface area contributed by atoms with E-state index < -0.39 is 18.2 Å². The van der Waals surface area contributed by atoms with Gasteiger partial charge in [-0.1, -0.05) is 91.0 Å². The van der Waals surface area contributed by atoms with Gasteiger partial charge >= 0.3 is 12.1 Å². The third-order valence-electron chi connectivity index (χ3n) is 6.97. The third-order valence-corrected chi connectivity index (χ3v) is 6.97. The predicted molar refractivity (Wildman–Crippen MR) is 133 cm³/mol. The number of carbonyl (C=O) groups is 2. The standard InChI is InChI=1S/C30H23NO4/c31-30(33)35-28(25-15-7-14-20-19-9-2-1-8-18(19)16-26(20)25)29(32)34-17-27-23-12-5-3-10-21(23)22-11-4-6-13-24(22)27/h1-15,27-28H,16-17H2,(H2,31,33). The van der Waals surface area contributed by atoms with E-state index in [0.717, 1.165) is 38.9 Å². The zero-order valence-electron chi connectivity index (χ0n) is 18.9. The molecule has 2 aliphatic carbocycles. The van der Waals surface area contributed by atoms with Gasteiger partial charge in [-0.3, -0.25) is 0 Å². The van der Waals surface area contributed by atoms with Crippen LogP contribution in [0.25, 0.3) is 22.3 Å². The van der Waals surface area contributed by atoms with Crippen LogP contribution in [0.4, 0.5) is 4.79 Å². The molecule has 2 aliphatic rings. The Morgan fingerprint density at radius 1 is 0.771 bits per heavy atom. The number of rotatable bonds is 5. The van der Waals surface area contributed by atoms with E-state index in [1.165, 1.54) is 5.56 Å². The molecule has 2 N–H and O–H groups in total. The summed E-state index contributed by atoms with van der Waals surface area (Å²) in [7, 11) is 0. The molecule has 0 fully saturated rings. The van der Waals surface area contributed by atoms with E-state index in [1.54, 1.807) is 6.07 Å². The molecule has 0 radical (unpaired) electrons. The van der Waals surface area contributed by atoms with Crippen molar-refractivity contribution in [1.82, 2.24) is 0 Å². The van der Waals surface area contributed by atoms with Crippen molar-refractivity contribution in [3.05, 3.63) is 119 Å². The first-order valence-corrected chi connectivity index (χ1v) is 11.6. The van der Waals surface area contributed by atoms with Crippen molar-refractivity contribution in [2.24, 2.45) is 5.73 Å². The van der Waals surface area contributed by atoms with E-state index in [4.69, 9.17) is 15.2 Å². The Hall–Kier alpha value is -4.38. The Balaban J connectivity index is 1.30. The van der Waals surface area contributed by atoms with Crippen molar-refractivity contribution in [2.45, 2.75) is 18.4 Å². The minimum atomic E-state index is -1.23. The lowest BCUT2D eigenvalue weighted by Crippen LogP contribution is -2.27. The average molecular weight is 462 g/mol. The zero-order valence-corrected chi connectivity index (χ0v) is 18.9. The van der Waals surface area contributed by atoms with Crippen molar-refractivity contribution in [3.63, 3.8) is 0 Å². The van der Waals surface area contributed by atoms with E-state index in [2.05, 4.69) is 36.4 Å². The summed E-state index contributed by atoms with van der Waals surface area (Å²) in [4.78, 5) is 25.2. The molecule has 0 heterocycles. The van der Waals surface area contributed by atoms with E-state index in [0.29, 0.717) is 12.0 Å². The number of hydrogen-bond acceptors (Lipinski definition) is 4. The molecule has 0 bridgehead atoms. The van der Waals surface area contributed by atoms with Crippen LogP contribution in [0.2, 0.25) is 0 Å². The van der Waals surface area contributed by atoms with Crippen LogP contribution in [0, 0.1) is 0 Å². The monoisotopic (exact) mass is 461 g/mol. The summed E-state index contributed by atoms with van der Waals surface area (Å²) < 4.78 is 11.2. The lowest BCUT2D eigenvalue weighted by molar-refractivity contribution is -0.154. The summed E-state index contributed by atoms with van der Waals surface area (Å²) in [6.45, 7) is 0.140. The molecule has 0 spiro atoms. The van der Waals surface area contributed by atoms with Crippen molar-refractivity contribution in [1.29, 1.82) is 0 Å². The van der Waals surface area contributed by atoms with Gasteiger partial charge < -0.3 is 15.2 Å². The van der Waals surface area contributed by atoms with Gasteiger partial charge in [0.2, 0.25) is 6.10 Å². The molecule has 1 atom stereocenters. The SMILES string of the molecule is NC(=O)OC(C(=O)OCC1c2ccccc2-c2ccccc21)c1cccc2c1Cc1ccccc1-2. The van der Waals surface area contributed by atoms with Crippen LogP contribution < -0.4 is 5.73 Å². The summed E-state index contributed by atoms with van der Waals surface area (Å²) >= 11 is 0. The molecule has 1 amide bonds. The van der Waals surface area contributed by atoms with Crippen LogP contribution in [0.3, 0.4) is 0 Å². The molecule has 0 saturated heterocycles. The van der Waals surface area contributed by atoms with E-state index >= 15 is 0 Å².